The van der Waals surface area contributed by atoms with Crippen LogP contribution >= 0.6 is 0 Å². The molecule has 0 bridgehead atoms. The zero-order valence-corrected chi connectivity index (χ0v) is 13.6. The molecule has 0 spiro atoms. The Morgan fingerprint density at radius 1 is 1.00 bits per heavy atom. The van der Waals surface area contributed by atoms with Crippen molar-refractivity contribution in [3.63, 3.8) is 0 Å². The molecule has 0 heterocycles. The maximum absolute atomic E-state index is 11.9. The molecule has 2 rings (SSSR count). The molecule has 0 fully saturated rings. The van der Waals surface area contributed by atoms with Gasteiger partial charge in [0, 0.05) is 11.1 Å². The summed E-state index contributed by atoms with van der Waals surface area (Å²) in [6.45, 7) is 0. The number of rotatable bonds is 6. The van der Waals surface area contributed by atoms with E-state index in [4.69, 9.17) is 14.2 Å². The van der Waals surface area contributed by atoms with Crippen LogP contribution in [0, 0.1) is 0 Å². The lowest BCUT2D eigenvalue weighted by atomic mass is 10.2. The van der Waals surface area contributed by atoms with E-state index in [2.05, 4.69) is 10.5 Å². The first-order valence-corrected chi connectivity index (χ1v) is 7.02. The Morgan fingerprint density at radius 3 is 2.25 bits per heavy atom. The lowest BCUT2D eigenvalue weighted by Gasteiger charge is -2.13. The lowest BCUT2D eigenvalue weighted by molar-refractivity contribution is 0.0955. The highest BCUT2D eigenvalue weighted by Gasteiger charge is 2.14. The first-order valence-electron chi connectivity index (χ1n) is 7.02. The molecule has 0 aliphatic rings. The van der Waals surface area contributed by atoms with Crippen LogP contribution in [0.5, 0.6) is 23.0 Å². The van der Waals surface area contributed by atoms with Gasteiger partial charge in [0.25, 0.3) is 5.91 Å². The topological polar surface area (TPSA) is 89.4 Å². The number of phenols is 1. The van der Waals surface area contributed by atoms with E-state index in [0.29, 0.717) is 28.4 Å². The zero-order valence-electron chi connectivity index (χ0n) is 13.6. The molecule has 24 heavy (non-hydrogen) atoms. The Bertz CT molecular complexity index is 741. The van der Waals surface area contributed by atoms with Crippen molar-refractivity contribution in [2.24, 2.45) is 5.10 Å². The number of carbonyl (C=O) groups excluding carboxylic acids is 1. The summed E-state index contributed by atoms with van der Waals surface area (Å²) in [5.41, 5.74) is 3.40. The molecule has 7 heteroatoms. The summed E-state index contributed by atoms with van der Waals surface area (Å²) in [4.78, 5) is 11.9. The molecule has 0 aromatic heterocycles. The molecule has 2 N–H and O–H groups in total. The number of hydrazone groups is 1. The van der Waals surface area contributed by atoms with E-state index in [9.17, 15) is 9.90 Å². The average Bonchev–Trinajstić information content (AvgIpc) is 2.61. The van der Waals surface area contributed by atoms with Crippen molar-refractivity contribution in [2.75, 3.05) is 21.3 Å². The van der Waals surface area contributed by atoms with Gasteiger partial charge in [-0.15, -0.1) is 0 Å². The Labute approximate surface area is 139 Å². The Morgan fingerprint density at radius 2 is 1.67 bits per heavy atom. The third-order valence-electron chi connectivity index (χ3n) is 3.23. The van der Waals surface area contributed by atoms with Crippen LogP contribution in [-0.4, -0.2) is 38.6 Å². The van der Waals surface area contributed by atoms with Crippen LogP contribution in [0.1, 0.15) is 15.9 Å². The number of nitrogens with one attached hydrogen (secondary N) is 1. The third-order valence-corrected chi connectivity index (χ3v) is 3.23. The van der Waals surface area contributed by atoms with Crippen molar-refractivity contribution in [1.29, 1.82) is 0 Å². The van der Waals surface area contributed by atoms with Gasteiger partial charge in [-0.3, -0.25) is 4.79 Å². The summed E-state index contributed by atoms with van der Waals surface area (Å²) in [7, 11) is 4.54. The van der Waals surface area contributed by atoms with E-state index in [0.717, 1.165) is 0 Å². The summed E-state index contributed by atoms with van der Waals surface area (Å²) in [5, 5.41) is 13.1. The second-order valence-corrected chi connectivity index (χ2v) is 4.67. The van der Waals surface area contributed by atoms with Crippen molar-refractivity contribution < 1.29 is 24.1 Å². The number of nitrogens with zero attached hydrogens (tertiary/aromatic N) is 1. The van der Waals surface area contributed by atoms with E-state index in [1.54, 1.807) is 12.1 Å². The molecule has 0 saturated heterocycles. The monoisotopic (exact) mass is 330 g/mol. The van der Waals surface area contributed by atoms with Gasteiger partial charge in [-0.1, -0.05) is 0 Å². The molecular weight excluding hydrogens is 312 g/mol. The molecule has 2 aromatic carbocycles. The van der Waals surface area contributed by atoms with Crippen molar-refractivity contribution in [3.05, 3.63) is 47.5 Å². The first-order chi connectivity index (χ1) is 11.6. The van der Waals surface area contributed by atoms with E-state index < -0.39 is 5.91 Å². The Balaban J connectivity index is 2.17. The fourth-order valence-corrected chi connectivity index (χ4v) is 2.06. The van der Waals surface area contributed by atoms with Crippen LogP contribution < -0.4 is 19.6 Å². The second kappa shape index (κ2) is 7.87. The van der Waals surface area contributed by atoms with Crippen LogP contribution in [0.2, 0.25) is 0 Å². The zero-order chi connectivity index (χ0) is 17.5. The first kappa shape index (κ1) is 17.1. The molecular formula is C17H18N2O5. The average molecular weight is 330 g/mol. The summed E-state index contributed by atoms with van der Waals surface area (Å²) >= 11 is 0. The number of aromatic hydroxyl groups is 1. The van der Waals surface area contributed by atoms with Gasteiger partial charge >= 0.3 is 0 Å². The van der Waals surface area contributed by atoms with Gasteiger partial charge in [0.2, 0.25) is 5.75 Å². The summed E-state index contributed by atoms with van der Waals surface area (Å²) in [6.07, 6.45) is 1.44. The summed E-state index contributed by atoms with van der Waals surface area (Å²) in [5.74, 6) is 1.10. The quantitative estimate of drug-likeness (QED) is 0.626. The van der Waals surface area contributed by atoms with Crippen LogP contribution in [0.3, 0.4) is 0 Å². The number of phenolic OH excluding ortho intramolecular Hbond substituents is 1. The molecule has 0 radical (unpaired) electrons. The maximum Gasteiger partial charge on any atom is 0.271 e. The van der Waals surface area contributed by atoms with Gasteiger partial charge in [0.15, 0.2) is 11.5 Å². The molecule has 7 nitrogen and oxygen atoms in total. The summed E-state index contributed by atoms with van der Waals surface area (Å²) in [6, 6.07) is 9.29. The molecule has 0 saturated carbocycles. The normalized spacial score (nSPS) is 10.5. The highest BCUT2D eigenvalue weighted by atomic mass is 16.5. The maximum atomic E-state index is 11.9. The van der Waals surface area contributed by atoms with Crippen LogP contribution in [0.15, 0.2) is 41.5 Å². The predicted molar refractivity (Wildman–Crippen MR) is 89.3 cm³/mol. The van der Waals surface area contributed by atoms with Gasteiger partial charge < -0.3 is 19.3 Å². The fraction of sp³-hybridized carbons (Fsp3) is 0.176. The summed E-state index contributed by atoms with van der Waals surface area (Å²) < 4.78 is 15.8. The van der Waals surface area contributed by atoms with Gasteiger partial charge in [-0.05, 0) is 36.4 Å². The van der Waals surface area contributed by atoms with Crippen molar-refractivity contribution in [1.82, 2.24) is 5.43 Å². The smallest absolute Gasteiger partial charge is 0.271 e. The minimum absolute atomic E-state index is 0.0881. The number of ether oxygens (including phenoxy) is 3. The Kier molecular flexibility index (Phi) is 5.62. The molecule has 0 unspecified atom stereocenters. The Hall–Kier alpha value is -3.22. The number of hydrogen-bond acceptors (Lipinski definition) is 6. The van der Waals surface area contributed by atoms with E-state index in [1.807, 2.05) is 0 Å². The van der Waals surface area contributed by atoms with Crippen LogP contribution in [0.4, 0.5) is 0 Å². The lowest BCUT2D eigenvalue weighted by Crippen LogP contribution is -2.17. The molecule has 2 aromatic rings. The minimum atomic E-state index is -0.398. The van der Waals surface area contributed by atoms with Gasteiger partial charge in [-0.2, -0.15) is 5.10 Å². The minimum Gasteiger partial charge on any atom is -0.508 e. The van der Waals surface area contributed by atoms with Crippen molar-refractivity contribution >= 4 is 12.1 Å². The van der Waals surface area contributed by atoms with Crippen molar-refractivity contribution in [2.45, 2.75) is 0 Å². The SMILES string of the molecule is COc1ccc(C=NNC(=O)c2ccc(O)cc2)c(OC)c1OC. The number of amides is 1. The molecule has 0 aliphatic heterocycles. The molecule has 0 aliphatic carbocycles. The predicted octanol–water partition coefficient (Wildman–Crippen LogP) is 2.18. The fourth-order valence-electron chi connectivity index (χ4n) is 2.06. The molecule has 126 valence electrons. The van der Waals surface area contributed by atoms with Crippen molar-refractivity contribution in [3.8, 4) is 23.0 Å². The number of carbonyl (C=O) groups is 1. The molecule has 1 amide bonds. The highest BCUT2D eigenvalue weighted by Crippen LogP contribution is 2.38. The van der Waals surface area contributed by atoms with Crippen LogP contribution in [0.25, 0.3) is 0 Å². The largest absolute Gasteiger partial charge is 0.508 e. The van der Waals surface area contributed by atoms with Gasteiger partial charge in [-0.25, -0.2) is 5.43 Å². The van der Waals surface area contributed by atoms with E-state index in [1.165, 1.54) is 51.8 Å². The van der Waals surface area contributed by atoms with E-state index >= 15 is 0 Å². The third kappa shape index (κ3) is 3.75. The number of methoxy groups -OCH3 is 3. The van der Waals surface area contributed by atoms with Gasteiger partial charge in [0.05, 0.1) is 27.5 Å². The standard InChI is InChI=1S/C17H18N2O5/c1-22-14-9-6-12(15(23-2)16(14)24-3)10-18-19-17(21)11-4-7-13(20)8-5-11/h4-10,20H,1-3H3,(H,19,21). The van der Waals surface area contributed by atoms with E-state index in [-0.39, 0.29) is 5.75 Å². The highest BCUT2D eigenvalue weighted by molar-refractivity contribution is 5.95. The second-order valence-electron chi connectivity index (χ2n) is 4.67. The van der Waals surface area contributed by atoms with Gasteiger partial charge in [0.1, 0.15) is 5.75 Å². The molecule has 0 atom stereocenters. The number of hydrogen-bond donors (Lipinski definition) is 2. The van der Waals surface area contributed by atoms with Crippen LogP contribution in [-0.2, 0) is 0 Å². The number of benzene rings is 2.